The lowest BCUT2D eigenvalue weighted by molar-refractivity contribution is -0.132. The number of hydrogen-bond acceptors (Lipinski definition) is 5. The molecule has 140 valence electrons. The number of carbonyl (C=O) groups is 1. The van der Waals surface area contributed by atoms with Crippen LogP contribution in [0.25, 0.3) is 5.52 Å². The summed E-state index contributed by atoms with van der Waals surface area (Å²) >= 11 is 0. The zero-order chi connectivity index (χ0) is 17.9. The number of nitrogens with zero attached hydrogens (tertiary/aromatic N) is 6. The standard InChI is InChI=1S/C19H28N6O/c1-16-14-17-19(20-6-9-25(17)21-16)24-12-10-22(11-13-24)15-18(26)23-7-4-2-3-5-8-23/h6,9,14H,2-5,7-8,10-13,15H2,1H3. The molecule has 0 aromatic carbocycles. The van der Waals surface area contributed by atoms with Crippen LogP contribution in [0.15, 0.2) is 18.5 Å². The van der Waals surface area contributed by atoms with E-state index in [2.05, 4.69) is 30.8 Å². The van der Waals surface area contributed by atoms with Gasteiger partial charge in [-0.3, -0.25) is 9.69 Å². The molecular weight excluding hydrogens is 328 g/mol. The maximum atomic E-state index is 12.6. The molecule has 2 aromatic heterocycles. The number of carbonyl (C=O) groups excluding carboxylic acids is 1. The van der Waals surface area contributed by atoms with Gasteiger partial charge < -0.3 is 9.80 Å². The lowest BCUT2D eigenvalue weighted by atomic mass is 10.2. The van der Waals surface area contributed by atoms with Gasteiger partial charge in [0.1, 0.15) is 5.52 Å². The van der Waals surface area contributed by atoms with Crippen LogP contribution < -0.4 is 4.90 Å². The van der Waals surface area contributed by atoms with Crippen molar-refractivity contribution < 1.29 is 4.79 Å². The van der Waals surface area contributed by atoms with Gasteiger partial charge in [0.05, 0.1) is 12.2 Å². The molecule has 26 heavy (non-hydrogen) atoms. The van der Waals surface area contributed by atoms with Crippen LogP contribution >= 0.6 is 0 Å². The molecule has 0 spiro atoms. The molecule has 2 aromatic rings. The van der Waals surface area contributed by atoms with Gasteiger partial charge in [-0.05, 0) is 25.8 Å². The van der Waals surface area contributed by atoms with Gasteiger partial charge in [0.2, 0.25) is 5.91 Å². The second kappa shape index (κ2) is 7.61. The van der Waals surface area contributed by atoms with Crippen LogP contribution in [-0.2, 0) is 4.79 Å². The fourth-order valence-corrected chi connectivity index (χ4v) is 4.00. The highest BCUT2D eigenvalue weighted by molar-refractivity contribution is 5.78. The van der Waals surface area contributed by atoms with Crippen molar-refractivity contribution in [3.63, 3.8) is 0 Å². The fourth-order valence-electron chi connectivity index (χ4n) is 4.00. The van der Waals surface area contributed by atoms with Crippen molar-refractivity contribution in [1.82, 2.24) is 24.4 Å². The minimum absolute atomic E-state index is 0.298. The molecule has 2 saturated heterocycles. The number of rotatable bonds is 3. The van der Waals surface area contributed by atoms with E-state index in [4.69, 9.17) is 0 Å². The number of fused-ring (bicyclic) bond motifs is 1. The third kappa shape index (κ3) is 3.67. The monoisotopic (exact) mass is 356 g/mol. The molecule has 7 nitrogen and oxygen atoms in total. The maximum Gasteiger partial charge on any atom is 0.236 e. The van der Waals surface area contributed by atoms with Crippen molar-refractivity contribution in [2.24, 2.45) is 0 Å². The molecule has 0 unspecified atom stereocenters. The molecule has 2 aliphatic rings. The highest BCUT2D eigenvalue weighted by Gasteiger charge is 2.24. The highest BCUT2D eigenvalue weighted by atomic mass is 16.2. The third-order valence-electron chi connectivity index (χ3n) is 5.48. The van der Waals surface area contributed by atoms with Crippen molar-refractivity contribution in [3.05, 3.63) is 24.2 Å². The van der Waals surface area contributed by atoms with Gasteiger partial charge in [0, 0.05) is 51.7 Å². The van der Waals surface area contributed by atoms with E-state index in [0.717, 1.165) is 69.1 Å². The Labute approximate surface area is 154 Å². The lowest BCUT2D eigenvalue weighted by Gasteiger charge is -2.36. The summed E-state index contributed by atoms with van der Waals surface area (Å²) in [4.78, 5) is 23.8. The summed E-state index contributed by atoms with van der Waals surface area (Å²) in [5.41, 5.74) is 2.06. The normalized spacial score (nSPS) is 19.7. The van der Waals surface area contributed by atoms with Crippen LogP contribution in [0.2, 0.25) is 0 Å². The van der Waals surface area contributed by atoms with Crippen LogP contribution in [0, 0.1) is 6.92 Å². The minimum Gasteiger partial charge on any atom is -0.352 e. The van der Waals surface area contributed by atoms with E-state index in [0.29, 0.717) is 12.5 Å². The van der Waals surface area contributed by atoms with Gasteiger partial charge in [-0.2, -0.15) is 5.10 Å². The Morgan fingerprint density at radius 2 is 1.77 bits per heavy atom. The summed E-state index contributed by atoms with van der Waals surface area (Å²) in [5, 5.41) is 4.47. The van der Waals surface area contributed by atoms with Crippen LogP contribution in [0.3, 0.4) is 0 Å². The summed E-state index contributed by atoms with van der Waals surface area (Å²) in [6, 6.07) is 2.08. The van der Waals surface area contributed by atoms with E-state index in [1.807, 2.05) is 23.8 Å². The van der Waals surface area contributed by atoms with E-state index >= 15 is 0 Å². The number of piperazine rings is 1. The molecule has 2 aliphatic heterocycles. The van der Waals surface area contributed by atoms with E-state index in [9.17, 15) is 4.79 Å². The van der Waals surface area contributed by atoms with E-state index < -0.39 is 0 Å². The zero-order valence-corrected chi connectivity index (χ0v) is 15.6. The molecule has 2 fully saturated rings. The molecule has 1 amide bonds. The maximum absolute atomic E-state index is 12.6. The van der Waals surface area contributed by atoms with Crippen molar-refractivity contribution >= 4 is 17.2 Å². The Kier molecular flexibility index (Phi) is 5.06. The van der Waals surface area contributed by atoms with Gasteiger partial charge in [-0.15, -0.1) is 0 Å². The molecule has 0 saturated carbocycles. The lowest BCUT2D eigenvalue weighted by Crippen LogP contribution is -2.50. The van der Waals surface area contributed by atoms with Gasteiger partial charge in [-0.1, -0.05) is 12.8 Å². The summed E-state index contributed by atoms with van der Waals surface area (Å²) in [5.74, 6) is 1.29. The molecular formula is C19H28N6O. The number of amides is 1. The van der Waals surface area contributed by atoms with E-state index in [1.165, 1.54) is 12.8 Å². The first-order valence-electron chi connectivity index (χ1n) is 9.77. The first-order valence-corrected chi connectivity index (χ1v) is 9.77. The van der Waals surface area contributed by atoms with Crippen molar-refractivity contribution in [2.45, 2.75) is 32.6 Å². The fraction of sp³-hybridized carbons (Fsp3) is 0.632. The first kappa shape index (κ1) is 17.3. The smallest absolute Gasteiger partial charge is 0.236 e. The summed E-state index contributed by atoms with van der Waals surface area (Å²) in [6.07, 6.45) is 8.52. The summed E-state index contributed by atoms with van der Waals surface area (Å²) in [6.45, 7) is 8.01. The number of hydrogen-bond donors (Lipinski definition) is 0. The summed E-state index contributed by atoms with van der Waals surface area (Å²) in [7, 11) is 0. The number of likely N-dealkylation sites (tertiary alicyclic amines) is 1. The van der Waals surface area contributed by atoms with Gasteiger partial charge in [-0.25, -0.2) is 9.50 Å². The van der Waals surface area contributed by atoms with Crippen LogP contribution in [0.4, 0.5) is 5.82 Å². The average molecular weight is 356 g/mol. The zero-order valence-electron chi connectivity index (χ0n) is 15.6. The second-order valence-electron chi connectivity index (χ2n) is 7.42. The second-order valence-corrected chi connectivity index (χ2v) is 7.42. The Hall–Kier alpha value is -2.15. The topological polar surface area (TPSA) is 57.0 Å². The molecule has 4 rings (SSSR count). The van der Waals surface area contributed by atoms with Crippen molar-refractivity contribution in [3.8, 4) is 0 Å². The largest absolute Gasteiger partial charge is 0.352 e. The molecule has 0 N–H and O–H groups in total. The highest BCUT2D eigenvalue weighted by Crippen LogP contribution is 2.21. The quantitative estimate of drug-likeness (QED) is 0.835. The van der Waals surface area contributed by atoms with Crippen LogP contribution in [-0.4, -0.2) is 76.1 Å². The first-order chi connectivity index (χ1) is 12.7. The third-order valence-corrected chi connectivity index (χ3v) is 5.48. The minimum atomic E-state index is 0.298. The Morgan fingerprint density at radius 1 is 1.04 bits per heavy atom. The molecule has 0 atom stereocenters. The van der Waals surface area contributed by atoms with Crippen LogP contribution in [0.1, 0.15) is 31.4 Å². The van der Waals surface area contributed by atoms with Crippen LogP contribution in [0.5, 0.6) is 0 Å². The molecule has 0 bridgehead atoms. The van der Waals surface area contributed by atoms with Gasteiger partial charge in [0.15, 0.2) is 5.82 Å². The number of anilines is 1. The van der Waals surface area contributed by atoms with Crippen molar-refractivity contribution in [1.29, 1.82) is 0 Å². The van der Waals surface area contributed by atoms with Gasteiger partial charge in [0.25, 0.3) is 0 Å². The molecule has 0 radical (unpaired) electrons. The Bertz CT molecular complexity index is 756. The Balaban J connectivity index is 1.35. The predicted octanol–water partition coefficient (Wildman–Crippen LogP) is 1.56. The SMILES string of the molecule is Cc1cc2c(N3CCN(CC(=O)N4CCCCCC4)CC3)nccn2n1. The van der Waals surface area contributed by atoms with Crippen molar-refractivity contribution in [2.75, 3.05) is 50.7 Å². The Morgan fingerprint density at radius 3 is 2.50 bits per heavy atom. The summed E-state index contributed by atoms with van der Waals surface area (Å²) < 4.78 is 1.90. The number of aromatic nitrogens is 3. The van der Waals surface area contributed by atoms with E-state index in [-0.39, 0.29) is 0 Å². The molecule has 0 aliphatic carbocycles. The predicted molar refractivity (Wildman–Crippen MR) is 101 cm³/mol. The van der Waals surface area contributed by atoms with E-state index in [1.54, 1.807) is 0 Å². The molecule has 4 heterocycles. The van der Waals surface area contributed by atoms with Gasteiger partial charge >= 0.3 is 0 Å². The molecule has 7 heteroatoms. The number of aryl methyl sites for hydroxylation is 1. The average Bonchev–Trinajstić information content (AvgIpc) is 2.85.